The lowest BCUT2D eigenvalue weighted by Gasteiger charge is -2.34. The normalized spacial score (nSPS) is 19.4. The molecule has 5 nitrogen and oxygen atoms in total. The Morgan fingerprint density at radius 3 is 2.52 bits per heavy atom. The van der Waals surface area contributed by atoms with Crippen molar-refractivity contribution in [1.82, 2.24) is 10.2 Å². The summed E-state index contributed by atoms with van der Waals surface area (Å²) < 4.78 is 39.5. The van der Waals surface area contributed by atoms with Crippen LogP contribution in [0.25, 0.3) is 0 Å². The van der Waals surface area contributed by atoms with Crippen LogP contribution in [0.1, 0.15) is 30.9 Å². The van der Waals surface area contributed by atoms with Crippen molar-refractivity contribution >= 4 is 27.9 Å². The summed E-state index contributed by atoms with van der Waals surface area (Å²) in [6.45, 7) is -0.0546. The Kier molecular flexibility index (Phi) is 6.31. The Bertz CT molecular complexity index is 622. The number of likely N-dealkylation sites (tertiary alicyclic amines) is 1. The van der Waals surface area contributed by atoms with Crippen molar-refractivity contribution < 1.29 is 22.8 Å². The van der Waals surface area contributed by atoms with Crippen molar-refractivity contribution in [1.29, 1.82) is 0 Å². The molecule has 2 rings (SSSR count). The first-order chi connectivity index (χ1) is 11.7. The second kappa shape index (κ2) is 8.07. The highest BCUT2D eigenvalue weighted by molar-refractivity contribution is 9.10. The van der Waals surface area contributed by atoms with Crippen LogP contribution in [0.15, 0.2) is 28.7 Å². The van der Waals surface area contributed by atoms with Gasteiger partial charge in [-0.05, 0) is 30.5 Å². The summed E-state index contributed by atoms with van der Waals surface area (Å²) in [6, 6.07) is 5.43. The quantitative estimate of drug-likeness (QED) is 0.781. The van der Waals surface area contributed by atoms with Gasteiger partial charge in [-0.25, -0.2) is 4.79 Å². The maximum absolute atomic E-state index is 12.9. The van der Waals surface area contributed by atoms with Crippen molar-refractivity contribution in [3.63, 3.8) is 0 Å². The molecule has 3 N–H and O–H groups in total. The minimum absolute atomic E-state index is 0.0307. The summed E-state index contributed by atoms with van der Waals surface area (Å²) in [5, 5.41) is 2.48. The number of primary amides is 1. The smallest absolute Gasteiger partial charge is 0.352 e. The third-order valence-electron chi connectivity index (χ3n) is 4.20. The lowest BCUT2D eigenvalue weighted by molar-refractivity contribution is -0.188. The predicted octanol–water partition coefficient (Wildman–Crippen LogP) is 3.35. The monoisotopic (exact) mass is 421 g/mol. The van der Waals surface area contributed by atoms with E-state index in [0.29, 0.717) is 12.0 Å². The van der Waals surface area contributed by atoms with Crippen LogP contribution in [0.4, 0.5) is 18.0 Å². The number of nitrogens with two attached hydrogens (primary N) is 1. The number of rotatable bonds is 4. The Morgan fingerprint density at radius 2 is 1.96 bits per heavy atom. The van der Waals surface area contributed by atoms with Crippen LogP contribution in [0, 0.1) is 5.92 Å². The number of nitrogens with zero attached hydrogens (tertiary/aromatic N) is 1. The molecule has 1 heterocycles. The molecule has 0 spiro atoms. The Balaban J connectivity index is 2.08. The number of hydrogen-bond donors (Lipinski definition) is 2. The average molecular weight is 422 g/mol. The molecule has 0 radical (unpaired) electrons. The summed E-state index contributed by atoms with van der Waals surface area (Å²) in [7, 11) is 0. The van der Waals surface area contributed by atoms with Gasteiger partial charge in [0.15, 0.2) is 0 Å². The number of carbonyl (C=O) groups excluding carboxylic acids is 2. The van der Waals surface area contributed by atoms with Crippen LogP contribution in [-0.4, -0.2) is 36.1 Å². The first kappa shape index (κ1) is 19.6. The number of benzene rings is 1. The van der Waals surface area contributed by atoms with E-state index < -0.39 is 30.1 Å². The Labute approximate surface area is 151 Å². The molecule has 1 aliphatic rings. The van der Waals surface area contributed by atoms with E-state index in [1.165, 1.54) is 4.90 Å². The summed E-state index contributed by atoms with van der Waals surface area (Å²) in [5.74, 6) is -1.93. The van der Waals surface area contributed by atoms with Crippen LogP contribution in [0.2, 0.25) is 0 Å². The lowest BCUT2D eigenvalue weighted by Crippen LogP contribution is -2.46. The van der Waals surface area contributed by atoms with Crippen molar-refractivity contribution in [3.8, 4) is 0 Å². The predicted molar refractivity (Wildman–Crippen MR) is 89.6 cm³/mol. The minimum Gasteiger partial charge on any atom is -0.352 e. The molecule has 3 amide bonds. The number of amides is 3. The van der Waals surface area contributed by atoms with Crippen LogP contribution in [-0.2, 0) is 4.79 Å². The summed E-state index contributed by atoms with van der Waals surface area (Å²) >= 11 is 3.29. The van der Waals surface area contributed by atoms with E-state index >= 15 is 0 Å². The SMILES string of the molecule is NC(=O)N[C@H](CC(=O)N1CCC[C@@H](C(F)(F)F)C1)c1ccc(Br)cc1. The molecule has 9 heteroatoms. The molecule has 1 fully saturated rings. The molecule has 25 heavy (non-hydrogen) atoms. The number of urea groups is 1. The van der Waals surface area contributed by atoms with Gasteiger partial charge in [-0.2, -0.15) is 13.2 Å². The van der Waals surface area contributed by atoms with E-state index in [-0.39, 0.29) is 25.9 Å². The van der Waals surface area contributed by atoms with E-state index in [0.717, 1.165) is 4.47 Å². The first-order valence-corrected chi connectivity index (χ1v) is 8.62. The Morgan fingerprint density at radius 1 is 1.32 bits per heavy atom. The van der Waals surface area contributed by atoms with Gasteiger partial charge in [-0.3, -0.25) is 4.79 Å². The van der Waals surface area contributed by atoms with E-state index in [2.05, 4.69) is 21.2 Å². The molecule has 1 aliphatic heterocycles. The van der Waals surface area contributed by atoms with E-state index in [9.17, 15) is 22.8 Å². The van der Waals surface area contributed by atoms with Crippen LogP contribution in [0.3, 0.4) is 0 Å². The summed E-state index contributed by atoms with van der Waals surface area (Å²) in [6.07, 6.45) is -4.12. The number of carbonyl (C=O) groups is 2. The fraction of sp³-hybridized carbons (Fsp3) is 0.500. The van der Waals surface area contributed by atoms with Gasteiger partial charge in [0.1, 0.15) is 0 Å². The van der Waals surface area contributed by atoms with Crippen LogP contribution in [0.5, 0.6) is 0 Å². The molecule has 1 saturated heterocycles. The van der Waals surface area contributed by atoms with Gasteiger partial charge >= 0.3 is 12.2 Å². The molecule has 0 unspecified atom stereocenters. The third kappa shape index (κ3) is 5.62. The number of hydrogen-bond acceptors (Lipinski definition) is 2. The highest BCUT2D eigenvalue weighted by Gasteiger charge is 2.42. The highest BCUT2D eigenvalue weighted by atomic mass is 79.9. The number of alkyl halides is 3. The average Bonchev–Trinajstić information content (AvgIpc) is 2.54. The van der Waals surface area contributed by atoms with E-state index in [1.807, 2.05) is 0 Å². The number of halogens is 4. The second-order valence-electron chi connectivity index (χ2n) is 6.04. The second-order valence-corrected chi connectivity index (χ2v) is 6.95. The van der Waals surface area contributed by atoms with E-state index in [4.69, 9.17) is 5.73 Å². The zero-order valence-corrected chi connectivity index (χ0v) is 14.9. The maximum Gasteiger partial charge on any atom is 0.393 e. The molecule has 0 saturated carbocycles. The molecule has 0 aromatic heterocycles. The first-order valence-electron chi connectivity index (χ1n) is 7.82. The van der Waals surface area contributed by atoms with Crippen molar-refractivity contribution in [2.75, 3.05) is 13.1 Å². The fourth-order valence-electron chi connectivity index (χ4n) is 2.89. The topological polar surface area (TPSA) is 75.4 Å². The van der Waals surface area contributed by atoms with Crippen molar-refractivity contribution in [3.05, 3.63) is 34.3 Å². The van der Waals surface area contributed by atoms with Gasteiger partial charge in [0.05, 0.1) is 18.4 Å². The van der Waals surface area contributed by atoms with Gasteiger partial charge in [-0.15, -0.1) is 0 Å². The van der Waals surface area contributed by atoms with Crippen LogP contribution < -0.4 is 11.1 Å². The van der Waals surface area contributed by atoms with Gasteiger partial charge in [0.25, 0.3) is 0 Å². The molecule has 0 bridgehead atoms. The van der Waals surface area contributed by atoms with Crippen LogP contribution >= 0.6 is 15.9 Å². The highest BCUT2D eigenvalue weighted by Crippen LogP contribution is 2.33. The lowest BCUT2D eigenvalue weighted by atomic mass is 9.96. The molecule has 0 aliphatic carbocycles. The van der Waals surface area contributed by atoms with Crippen molar-refractivity contribution in [2.45, 2.75) is 31.5 Å². The number of nitrogens with one attached hydrogen (secondary N) is 1. The van der Waals surface area contributed by atoms with Crippen molar-refractivity contribution in [2.24, 2.45) is 11.7 Å². The molecule has 138 valence electrons. The van der Waals surface area contributed by atoms with Gasteiger partial charge < -0.3 is 16.0 Å². The standard InChI is InChI=1S/C16H19BrF3N3O2/c17-12-5-3-10(4-6-12)13(22-15(21)25)8-14(24)23-7-1-2-11(9-23)16(18,19)20/h3-6,11,13H,1-2,7-9H2,(H3,21,22,25)/t11-,13-/m1/s1. The van der Waals surface area contributed by atoms with Gasteiger partial charge in [-0.1, -0.05) is 28.1 Å². The van der Waals surface area contributed by atoms with Gasteiger partial charge in [0.2, 0.25) is 5.91 Å². The maximum atomic E-state index is 12.9. The largest absolute Gasteiger partial charge is 0.393 e. The molecule has 1 aromatic rings. The third-order valence-corrected chi connectivity index (χ3v) is 4.73. The molecule has 1 aromatic carbocycles. The van der Waals surface area contributed by atoms with E-state index in [1.54, 1.807) is 24.3 Å². The number of piperidine rings is 1. The fourth-order valence-corrected chi connectivity index (χ4v) is 3.16. The minimum atomic E-state index is -4.31. The zero-order valence-electron chi connectivity index (χ0n) is 13.4. The zero-order chi connectivity index (χ0) is 18.6. The summed E-state index contributed by atoms with van der Waals surface area (Å²) in [5.41, 5.74) is 5.81. The molecule has 2 atom stereocenters. The Hall–Kier alpha value is -1.77. The summed E-state index contributed by atoms with van der Waals surface area (Å²) in [4.78, 5) is 24.9. The van der Waals surface area contributed by atoms with Gasteiger partial charge in [0, 0.05) is 17.6 Å². The molecular formula is C16H19BrF3N3O2. The molecular weight excluding hydrogens is 403 g/mol.